The number of aryl methyl sites for hydroxylation is 1. The monoisotopic (exact) mass is 262 g/mol. The Bertz CT molecular complexity index is 591. The van der Waals surface area contributed by atoms with Crippen LogP contribution in [0.25, 0.3) is 0 Å². The Labute approximate surface area is 111 Å². The number of aliphatic hydroxyl groups is 1. The number of rotatable bonds is 3. The Morgan fingerprint density at radius 1 is 1.05 bits per heavy atom. The van der Waals surface area contributed by atoms with Crippen LogP contribution in [0, 0.1) is 18.6 Å². The van der Waals surface area contributed by atoms with E-state index in [0.717, 1.165) is 0 Å². The van der Waals surface area contributed by atoms with E-state index < -0.39 is 5.60 Å². The highest BCUT2D eigenvalue weighted by molar-refractivity contribution is 5.30. The maximum Gasteiger partial charge on any atom is 0.126 e. The van der Waals surface area contributed by atoms with Gasteiger partial charge in [0.2, 0.25) is 0 Å². The predicted octanol–water partition coefficient (Wildman–Crippen LogP) is 3.72. The van der Waals surface area contributed by atoms with Crippen molar-refractivity contribution in [2.45, 2.75) is 25.9 Å². The van der Waals surface area contributed by atoms with Crippen molar-refractivity contribution in [2.24, 2.45) is 0 Å². The zero-order chi connectivity index (χ0) is 14.0. The first-order chi connectivity index (χ1) is 8.90. The molecule has 3 heteroatoms. The van der Waals surface area contributed by atoms with Gasteiger partial charge in [0.25, 0.3) is 0 Å². The van der Waals surface area contributed by atoms with Gasteiger partial charge in [-0.05, 0) is 42.7 Å². The molecule has 2 rings (SSSR count). The average Bonchev–Trinajstić information content (AvgIpc) is 2.35. The molecule has 1 atom stereocenters. The van der Waals surface area contributed by atoms with Crippen LogP contribution in [0.5, 0.6) is 0 Å². The maximum absolute atomic E-state index is 13.6. The van der Waals surface area contributed by atoms with Gasteiger partial charge >= 0.3 is 0 Å². The SMILES string of the molecule is Cc1cc(C(C)(O)Cc2ccccc2F)ccc1F. The molecular formula is C16H16F2O. The average molecular weight is 262 g/mol. The fraction of sp³-hybridized carbons (Fsp3) is 0.250. The summed E-state index contributed by atoms with van der Waals surface area (Å²) in [4.78, 5) is 0. The van der Waals surface area contributed by atoms with Gasteiger partial charge in [-0.1, -0.05) is 30.3 Å². The molecule has 0 radical (unpaired) electrons. The van der Waals surface area contributed by atoms with Gasteiger partial charge in [0.1, 0.15) is 11.6 Å². The second-order valence-corrected chi connectivity index (χ2v) is 5.01. The Morgan fingerprint density at radius 3 is 2.37 bits per heavy atom. The van der Waals surface area contributed by atoms with Gasteiger partial charge in [0, 0.05) is 6.42 Å². The molecule has 0 spiro atoms. The Kier molecular flexibility index (Phi) is 3.67. The second kappa shape index (κ2) is 5.10. The zero-order valence-corrected chi connectivity index (χ0v) is 11.0. The molecule has 0 aliphatic carbocycles. The summed E-state index contributed by atoms with van der Waals surface area (Å²) in [5, 5.41) is 10.5. The lowest BCUT2D eigenvalue weighted by Crippen LogP contribution is -2.25. The molecule has 19 heavy (non-hydrogen) atoms. The molecule has 0 aromatic heterocycles. The molecule has 0 aliphatic heterocycles. The van der Waals surface area contributed by atoms with Gasteiger partial charge in [0.05, 0.1) is 5.60 Å². The summed E-state index contributed by atoms with van der Waals surface area (Å²) < 4.78 is 26.8. The molecule has 0 saturated carbocycles. The molecule has 1 N–H and O–H groups in total. The fourth-order valence-corrected chi connectivity index (χ4v) is 2.09. The van der Waals surface area contributed by atoms with E-state index in [9.17, 15) is 13.9 Å². The van der Waals surface area contributed by atoms with Crippen LogP contribution in [-0.2, 0) is 12.0 Å². The third-order valence-corrected chi connectivity index (χ3v) is 3.27. The molecule has 1 unspecified atom stereocenters. The fourth-order valence-electron chi connectivity index (χ4n) is 2.09. The van der Waals surface area contributed by atoms with Crippen LogP contribution in [-0.4, -0.2) is 5.11 Å². The van der Waals surface area contributed by atoms with Crippen LogP contribution >= 0.6 is 0 Å². The topological polar surface area (TPSA) is 20.2 Å². The lowest BCUT2D eigenvalue weighted by Gasteiger charge is -2.24. The molecule has 2 aromatic rings. The number of hydrogen-bond acceptors (Lipinski definition) is 1. The second-order valence-electron chi connectivity index (χ2n) is 5.01. The minimum Gasteiger partial charge on any atom is -0.385 e. The van der Waals surface area contributed by atoms with E-state index in [4.69, 9.17) is 0 Å². The molecule has 0 heterocycles. The van der Waals surface area contributed by atoms with E-state index in [1.54, 1.807) is 38.1 Å². The summed E-state index contributed by atoms with van der Waals surface area (Å²) in [6, 6.07) is 10.8. The van der Waals surface area contributed by atoms with Crippen molar-refractivity contribution in [1.82, 2.24) is 0 Å². The quantitative estimate of drug-likeness (QED) is 0.893. The minimum atomic E-state index is -1.24. The highest BCUT2D eigenvalue weighted by atomic mass is 19.1. The molecule has 0 amide bonds. The standard InChI is InChI=1S/C16H16F2O/c1-11-9-13(7-8-14(11)17)16(2,19)10-12-5-3-4-6-15(12)18/h3-9,19H,10H2,1-2H3. The van der Waals surface area contributed by atoms with E-state index in [1.165, 1.54) is 18.2 Å². The van der Waals surface area contributed by atoms with Gasteiger partial charge in [-0.15, -0.1) is 0 Å². The van der Waals surface area contributed by atoms with Crippen molar-refractivity contribution in [2.75, 3.05) is 0 Å². The van der Waals surface area contributed by atoms with Crippen LogP contribution in [0.4, 0.5) is 8.78 Å². The molecular weight excluding hydrogens is 246 g/mol. The molecule has 0 bridgehead atoms. The number of hydrogen-bond donors (Lipinski definition) is 1. The lowest BCUT2D eigenvalue weighted by atomic mass is 9.88. The maximum atomic E-state index is 13.6. The van der Waals surface area contributed by atoms with Crippen molar-refractivity contribution in [3.63, 3.8) is 0 Å². The lowest BCUT2D eigenvalue weighted by molar-refractivity contribution is 0.0565. The number of halogens is 2. The van der Waals surface area contributed by atoms with E-state index >= 15 is 0 Å². The van der Waals surface area contributed by atoms with Gasteiger partial charge in [0.15, 0.2) is 0 Å². The summed E-state index contributed by atoms with van der Waals surface area (Å²) in [6.45, 7) is 3.24. The largest absolute Gasteiger partial charge is 0.385 e. The molecule has 1 nitrogen and oxygen atoms in total. The summed E-state index contributed by atoms with van der Waals surface area (Å²) in [5.41, 5.74) is 0.246. The first kappa shape index (κ1) is 13.7. The first-order valence-corrected chi connectivity index (χ1v) is 6.12. The smallest absolute Gasteiger partial charge is 0.126 e. The Hall–Kier alpha value is -1.74. The van der Waals surface area contributed by atoms with Crippen molar-refractivity contribution >= 4 is 0 Å². The van der Waals surface area contributed by atoms with Crippen molar-refractivity contribution < 1.29 is 13.9 Å². The van der Waals surface area contributed by atoms with Crippen LogP contribution in [0.2, 0.25) is 0 Å². The summed E-state index contributed by atoms with van der Waals surface area (Å²) in [7, 11) is 0. The van der Waals surface area contributed by atoms with Gasteiger partial charge in [-0.3, -0.25) is 0 Å². The van der Waals surface area contributed by atoms with Gasteiger partial charge < -0.3 is 5.11 Å². The third-order valence-electron chi connectivity index (χ3n) is 3.27. The first-order valence-electron chi connectivity index (χ1n) is 6.12. The predicted molar refractivity (Wildman–Crippen MR) is 70.8 cm³/mol. The normalized spacial score (nSPS) is 14.2. The summed E-state index contributed by atoms with van der Waals surface area (Å²) >= 11 is 0. The van der Waals surface area contributed by atoms with Gasteiger partial charge in [-0.2, -0.15) is 0 Å². The van der Waals surface area contributed by atoms with Crippen LogP contribution in [0.3, 0.4) is 0 Å². The van der Waals surface area contributed by atoms with E-state index in [1.807, 2.05) is 0 Å². The van der Waals surface area contributed by atoms with Gasteiger partial charge in [-0.25, -0.2) is 8.78 Å². The minimum absolute atomic E-state index is 0.144. The Balaban J connectivity index is 2.32. The highest BCUT2D eigenvalue weighted by Gasteiger charge is 2.25. The van der Waals surface area contributed by atoms with Crippen LogP contribution in [0.15, 0.2) is 42.5 Å². The summed E-state index contributed by atoms with van der Waals surface area (Å²) in [5.74, 6) is -0.660. The summed E-state index contributed by atoms with van der Waals surface area (Å²) in [6.07, 6.45) is 0.144. The molecule has 2 aromatic carbocycles. The van der Waals surface area contributed by atoms with E-state index in [0.29, 0.717) is 16.7 Å². The molecule has 0 aliphatic rings. The van der Waals surface area contributed by atoms with E-state index in [-0.39, 0.29) is 18.1 Å². The van der Waals surface area contributed by atoms with Crippen LogP contribution < -0.4 is 0 Å². The zero-order valence-electron chi connectivity index (χ0n) is 11.0. The highest BCUT2D eigenvalue weighted by Crippen LogP contribution is 2.27. The van der Waals surface area contributed by atoms with Crippen molar-refractivity contribution in [1.29, 1.82) is 0 Å². The third kappa shape index (κ3) is 2.99. The van der Waals surface area contributed by atoms with E-state index in [2.05, 4.69) is 0 Å². The molecule has 0 saturated heterocycles. The van der Waals surface area contributed by atoms with Crippen LogP contribution in [0.1, 0.15) is 23.6 Å². The van der Waals surface area contributed by atoms with Crippen molar-refractivity contribution in [3.8, 4) is 0 Å². The number of benzene rings is 2. The van der Waals surface area contributed by atoms with Crippen molar-refractivity contribution in [3.05, 3.63) is 70.8 Å². The molecule has 0 fully saturated rings. The molecule has 100 valence electrons. The Morgan fingerprint density at radius 2 is 1.74 bits per heavy atom.